The maximum Gasteiger partial charge on any atom is 0.150 e. The van der Waals surface area contributed by atoms with Crippen molar-refractivity contribution in [2.45, 2.75) is 13.0 Å². The van der Waals surface area contributed by atoms with Gasteiger partial charge >= 0.3 is 0 Å². The summed E-state index contributed by atoms with van der Waals surface area (Å²) < 4.78 is 7.26. The normalized spacial score (nSPS) is 12.8. The Morgan fingerprint density at radius 1 is 1.39 bits per heavy atom. The predicted molar refractivity (Wildman–Crippen MR) is 72.2 cm³/mol. The molecule has 0 radical (unpaired) electrons. The molecule has 0 saturated carbocycles. The topological polar surface area (TPSA) is 39.4 Å². The van der Waals surface area contributed by atoms with E-state index in [2.05, 4.69) is 9.98 Å². The van der Waals surface area contributed by atoms with Gasteiger partial charge in [0, 0.05) is 25.0 Å². The minimum absolute atomic E-state index is 0.0397. The van der Waals surface area contributed by atoms with Crippen molar-refractivity contribution in [3.05, 3.63) is 48.0 Å². The summed E-state index contributed by atoms with van der Waals surface area (Å²) in [5.41, 5.74) is 1.07. The van der Waals surface area contributed by atoms with Gasteiger partial charge in [0.1, 0.15) is 11.6 Å². The molecular weight excluding hydrogens is 226 g/mol. The highest BCUT2D eigenvalue weighted by Gasteiger charge is 2.08. The van der Waals surface area contributed by atoms with Gasteiger partial charge < -0.3 is 9.30 Å². The number of nitrogens with zero attached hydrogens (tertiary/aromatic N) is 3. The van der Waals surface area contributed by atoms with E-state index in [4.69, 9.17) is 4.74 Å². The summed E-state index contributed by atoms with van der Waals surface area (Å²) in [6.45, 7) is 2.04. The summed E-state index contributed by atoms with van der Waals surface area (Å²) in [5, 5.41) is 0. The summed E-state index contributed by atoms with van der Waals surface area (Å²) in [6.07, 6.45) is 5.45. The second kappa shape index (κ2) is 5.49. The molecule has 18 heavy (non-hydrogen) atoms. The Morgan fingerprint density at radius 3 is 2.83 bits per heavy atom. The van der Waals surface area contributed by atoms with Crippen molar-refractivity contribution in [3.63, 3.8) is 0 Å². The zero-order valence-corrected chi connectivity index (χ0v) is 10.9. The van der Waals surface area contributed by atoms with Crippen LogP contribution in [0.1, 0.15) is 24.4 Å². The largest absolute Gasteiger partial charge is 0.496 e. The van der Waals surface area contributed by atoms with E-state index in [1.165, 1.54) is 0 Å². The molecule has 1 unspecified atom stereocenters. The second-order valence-electron chi connectivity index (χ2n) is 4.09. The molecule has 94 valence electrons. The van der Waals surface area contributed by atoms with Gasteiger partial charge in [0.25, 0.3) is 0 Å². The zero-order chi connectivity index (χ0) is 13.0. The molecule has 1 aromatic carbocycles. The molecule has 4 heteroatoms. The summed E-state index contributed by atoms with van der Waals surface area (Å²) in [6, 6.07) is 7.96. The number of hydrogen-bond donors (Lipinski definition) is 0. The highest BCUT2D eigenvalue weighted by molar-refractivity contribution is 5.75. The molecule has 0 spiro atoms. The Bertz CT molecular complexity index is 545. The van der Waals surface area contributed by atoms with Crippen molar-refractivity contribution < 1.29 is 4.74 Å². The lowest BCUT2D eigenvalue weighted by molar-refractivity contribution is 0.407. The van der Waals surface area contributed by atoms with E-state index in [1.54, 1.807) is 19.5 Å². The van der Waals surface area contributed by atoms with Crippen molar-refractivity contribution >= 4 is 6.21 Å². The lowest BCUT2D eigenvalue weighted by atomic mass is 10.1. The van der Waals surface area contributed by atoms with Crippen LogP contribution in [0.5, 0.6) is 5.75 Å². The number of rotatable bonds is 4. The van der Waals surface area contributed by atoms with Gasteiger partial charge in [-0.1, -0.05) is 18.2 Å². The van der Waals surface area contributed by atoms with Gasteiger partial charge in [-0.3, -0.25) is 4.99 Å². The fourth-order valence-corrected chi connectivity index (χ4v) is 1.77. The fourth-order valence-electron chi connectivity index (χ4n) is 1.77. The van der Waals surface area contributed by atoms with Gasteiger partial charge in [-0.05, 0) is 13.0 Å². The van der Waals surface area contributed by atoms with E-state index in [0.717, 1.165) is 17.1 Å². The van der Waals surface area contributed by atoms with E-state index >= 15 is 0 Å². The van der Waals surface area contributed by atoms with Crippen LogP contribution in [0.15, 0.2) is 41.7 Å². The molecule has 1 atom stereocenters. The SMILES string of the molecule is COc1ccccc1C(C)/N=C/c1nccn1C. The Kier molecular flexibility index (Phi) is 3.77. The number of aryl methyl sites for hydroxylation is 1. The first-order valence-corrected chi connectivity index (χ1v) is 5.85. The number of ether oxygens (including phenoxy) is 1. The standard InChI is InChI=1S/C14H17N3O/c1-11(12-6-4-5-7-13(12)18-3)16-10-14-15-8-9-17(14)2/h4-11H,1-3H3/b16-10+. The predicted octanol–water partition coefficient (Wildman–Crippen LogP) is 2.61. The average molecular weight is 243 g/mol. The van der Waals surface area contributed by atoms with E-state index in [-0.39, 0.29) is 6.04 Å². The lowest BCUT2D eigenvalue weighted by Crippen LogP contribution is -1.99. The number of aromatic nitrogens is 2. The molecule has 0 aliphatic rings. The highest BCUT2D eigenvalue weighted by atomic mass is 16.5. The summed E-state index contributed by atoms with van der Waals surface area (Å²) in [7, 11) is 3.62. The Morgan fingerprint density at radius 2 is 2.17 bits per heavy atom. The van der Waals surface area contributed by atoms with Crippen LogP contribution < -0.4 is 4.74 Å². The number of methoxy groups -OCH3 is 1. The van der Waals surface area contributed by atoms with Gasteiger partial charge in [-0.2, -0.15) is 0 Å². The van der Waals surface area contributed by atoms with Crippen LogP contribution in [0.25, 0.3) is 0 Å². The first-order valence-electron chi connectivity index (χ1n) is 5.85. The quantitative estimate of drug-likeness (QED) is 0.774. The molecule has 0 aliphatic heterocycles. The van der Waals surface area contributed by atoms with Crippen molar-refractivity contribution in [1.82, 2.24) is 9.55 Å². The van der Waals surface area contributed by atoms with Crippen molar-refractivity contribution in [3.8, 4) is 5.75 Å². The molecular formula is C14H17N3O. The smallest absolute Gasteiger partial charge is 0.150 e. The van der Waals surface area contributed by atoms with Gasteiger partial charge in [0.05, 0.1) is 19.4 Å². The molecule has 1 heterocycles. The van der Waals surface area contributed by atoms with Crippen LogP contribution in [0, 0.1) is 0 Å². The van der Waals surface area contributed by atoms with Gasteiger partial charge in [-0.15, -0.1) is 0 Å². The third-order valence-electron chi connectivity index (χ3n) is 2.86. The number of hydrogen-bond acceptors (Lipinski definition) is 3. The van der Waals surface area contributed by atoms with Crippen molar-refractivity contribution in [1.29, 1.82) is 0 Å². The number of benzene rings is 1. The maximum absolute atomic E-state index is 5.33. The number of aliphatic imine (C=N–C) groups is 1. The lowest BCUT2D eigenvalue weighted by Gasteiger charge is -2.11. The first-order chi connectivity index (χ1) is 8.72. The first kappa shape index (κ1) is 12.4. The Balaban J connectivity index is 2.19. The van der Waals surface area contributed by atoms with Gasteiger partial charge in [0.2, 0.25) is 0 Å². The van der Waals surface area contributed by atoms with Crippen LogP contribution in [0.4, 0.5) is 0 Å². The fraction of sp³-hybridized carbons (Fsp3) is 0.286. The minimum atomic E-state index is 0.0397. The van der Waals surface area contributed by atoms with E-state index < -0.39 is 0 Å². The Labute approximate surface area is 107 Å². The average Bonchev–Trinajstić information content (AvgIpc) is 2.81. The highest BCUT2D eigenvalue weighted by Crippen LogP contribution is 2.26. The van der Waals surface area contributed by atoms with Crippen molar-refractivity contribution in [2.75, 3.05) is 7.11 Å². The molecule has 0 aliphatic carbocycles. The van der Waals surface area contributed by atoms with E-state index in [1.807, 2.05) is 49.0 Å². The summed E-state index contributed by atoms with van der Waals surface area (Å²) in [5.74, 6) is 1.71. The maximum atomic E-state index is 5.33. The monoisotopic (exact) mass is 243 g/mol. The van der Waals surface area contributed by atoms with Crippen LogP contribution in [0.3, 0.4) is 0 Å². The molecule has 0 fully saturated rings. The van der Waals surface area contributed by atoms with Crippen molar-refractivity contribution in [2.24, 2.45) is 12.0 Å². The molecule has 4 nitrogen and oxygen atoms in total. The Hall–Kier alpha value is -2.10. The van der Waals surface area contributed by atoms with Crippen LogP contribution >= 0.6 is 0 Å². The molecule has 0 saturated heterocycles. The van der Waals surface area contributed by atoms with E-state index in [9.17, 15) is 0 Å². The molecule has 1 aromatic heterocycles. The van der Waals surface area contributed by atoms with Gasteiger partial charge in [0.15, 0.2) is 0 Å². The molecule has 2 aromatic rings. The van der Waals surface area contributed by atoms with Crippen LogP contribution in [-0.4, -0.2) is 22.9 Å². The summed E-state index contributed by atoms with van der Waals surface area (Å²) >= 11 is 0. The second-order valence-corrected chi connectivity index (χ2v) is 4.09. The van der Waals surface area contributed by atoms with Crippen LogP contribution in [-0.2, 0) is 7.05 Å². The molecule has 0 amide bonds. The third-order valence-corrected chi connectivity index (χ3v) is 2.86. The van der Waals surface area contributed by atoms with Gasteiger partial charge in [-0.25, -0.2) is 4.98 Å². The summed E-state index contributed by atoms with van der Waals surface area (Å²) in [4.78, 5) is 8.72. The number of para-hydroxylation sites is 1. The van der Waals surface area contributed by atoms with E-state index in [0.29, 0.717) is 0 Å². The molecule has 0 bridgehead atoms. The zero-order valence-electron chi connectivity index (χ0n) is 10.9. The number of imidazole rings is 1. The molecule has 0 N–H and O–H groups in total. The molecule has 2 rings (SSSR count). The van der Waals surface area contributed by atoms with Crippen LogP contribution in [0.2, 0.25) is 0 Å². The minimum Gasteiger partial charge on any atom is -0.496 e. The third kappa shape index (κ3) is 2.59.